The number of carbonyl (C=O) groups excluding carboxylic acids is 1. The van der Waals surface area contributed by atoms with Crippen LogP contribution in [-0.2, 0) is 0 Å². The predicted molar refractivity (Wildman–Crippen MR) is 103 cm³/mol. The summed E-state index contributed by atoms with van der Waals surface area (Å²) in [6, 6.07) is 7.92. The van der Waals surface area contributed by atoms with Gasteiger partial charge >= 0.3 is 0 Å². The molecule has 4 rings (SSSR count). The fourth-order valence-corrected chi connectivity index (χ4v) is 3.87. The first-order valence-electron chi connectivity index (χ1n) is 9.13. The van der Waals surface area contributed by atoms with Crippen LogP contribution in [0.5, 0.6) is 0 Å². The number of benzene rings is 1. The van der Waals surface area contributed by atoms with E-state index in [0.717, 1.165) is 52.3 Å². The molecule has 1 aromatic carbocycles. The molecular weight excluding hydrogens is 324 g/mol. The highest BCUT2D eigenvalue weighted by Gasteiger charge is 2.30. The molecule has 26 heavy (non-hydrogen) atoms. The second-order valence-corrected chi connectivity index (χ2v) is 7.38. The molecule has 0 aliphatic carbocycles. The third kappa shape index (κ3) is 2.87. The summed E-state index contributed by atoms with van der Waals surface area (Å²) in [7, 11) is 0. The predicted octanol–water partition coefficient (Wildman–Crippen LogP) is 3.82. The van der Waals surface area contributed by atoms with Crippen molar-refractivity contribution in [2.75, 3.05) is 13.1 Å². The van der Waals surface area contributed by atoms with Crippen LogP contribution in [0.15, 0.2) is 24.3 Å². The summed E-state index contributed by atoms with van der Waals surface area (Å²) in [5.41, 5.74) is 6.17. The van der Waals surface area contributed by atoms with Gasteiger partial charge in [-0.3, -0.25) is 4.79 Å². The topological polar surface area (TPSA) is 61.9 Å². The fourth-order valence-electron chi connectivity index (χ4n) is 3.87. The lowest BCUT2D eigenvalue weighted by Crippen LogP contribution is -2.28. The number of carbonyl (C=O) groups is 1. The minimum absolute atomic E-state index is 0.0945. The highest BCUT2D eigenvalue weighted by atomic mass is 16.2. The molecule has 0 spiro atoms. The molecule has 5 heteroatoms. The maximum atomic E-state index is 13.0. The molecule has 1 aliphatic rings. The molecule has 1 fully saturated rings. The molecule has 134 valence electrons. The van der Waals surface area contributed by atoms with Gasteiger partial charge in [0.2, 0.25) is 0 Å². The Kier molecular flexibility index (Phi) is 4.02. The first-order chi connectivity index (χ1) is 12.4. The first kappa shape index (κ1) is 16.8. The number of hydrogen-bond donors (Lipinski definition) is 1. The molecule has 5 nitrogen and oxygen atoms in total. The van der Waals surface area contributed by atoms with E-state index in [1.165, 1.54) is 5.56 Å². The molecule has 1 saturated heterocycles. The third-order valence-electron chi connectivity index (χ3n) is 5.40. The summed E-state index contributed by atoms with van der Waals surface area (Å²) in [6.07, 6.45) is 0.916. The second-order valence-electron chi connectivity index (χ2n) is 7.38. The highest BCUT2D eigenvalue weighted by Crippen LogP contribution is 2.28. The summed E-state index contributed by atoms with van der Waals surface area (Å²) in [5, 5.41) is 1.13. The van der Waals surface area contributed by atoms with E-state index >= 15 is 0 Å². The third-order valence-corrected chi connectivity index (χ3v) is 5.40. The maximum Gasteiger partial charge on any atom is 0.253 e. The van der Waals surface area contributed by atoms with Crippen molar-refractivity contribution in [2.24, 2.45) is 0 Å². The normalized spacial score (nSPS) is 17.2. The quantitative estimate of drug-likeness (QED) is 0.766. The van der Waals surface area contributed by atoms with E-state index < -0.39 is 0 Å². The van der Waals surface area contributed by atoms with Crippen LogP contribution in [0.25, 0.3) is 10.9 Å². The summed E-state index contributed by atoms with van der Waals surface area (Å²) in [4.78, 5) is 27.5. The molecule has 0 bridgehead atoms. The Bertz CT molecular complexity index is 984. The SMILES string of the molecule is Cc1cc(C)nc([C@H]2CCN(C(=O)c3ccc4[nH]c(C)c(C)c4c3)C2)n1. The van der Waals surface area contributed by atoms with Gasteiger partial charge in [0.15, 0.2) is 0 Å². The largest absolute Gasteiger partial charge is 0.358 e. The Morgan fingerprint density at radius 2 is 1.85 bits per heavy atom. The number of likely N-dealkylation sites (tertiary alicyclic amines) is 1. The molecule has 0 unspecified atom stereocenters. The Hall–Kier alpha value is -2.69. The monoisotopic (exact) mass is 348 g/mol. The summed E-state index contributed by atoms with van der Waals surface area (Å²) in [5.74, 6) is 1.18. The van der Waals surface area contributed by atoms with Gasteiger partial charge in [0, 0.05) is 52.6 Å². The fraction of sp³-hybridized carbons (Fsp3) is 0.381. The molecule has 1 amide bonds. The smallest absolute Gasteiger partial charge is 0.253 e. The number of fused-ring (bicyclic) bond motifs is 1. The van der Waals surface area contributed by atoms with E-state index in [0.29, 0.717) is 6.54 Å². The molecule has 1 aliphatic heterocycles. The van der Waals surface area contributed by atoms with Crippen LogP contribution in [0.2, 0.25) is 0 Å². The average Bonchev–Trinajstić information content (AvgIpc) is 3.19. The Morgan fingerprint density at radius 3 is 2.58 bits per heavy atom. The van der Waals surface area contributed by atoms with Crippen molar-refractivity contribution in [2.45, 2.75) is 40.0 Å². The molecule has 3 heterocycles. The van der Waals surface area contributed by atoms with Gasteiger partial charge in [-0.05, 0) is 63.9 Å². The summed E-state index contributed by atoms with van der Waals surface area (Å²) < 4.78 is 0. The number of H-pyrrole nitrogens is 1. The van der Waals surface area contributed by atoms with Gasteiger partial charge in [0.25, 0.3) is 5.91 Å². The van der Waals surface area contributed by atoms with Crippen LogP contribution in [0, 0.1) is 27.7 Å². The molecule has 0 saturated carbocycles. The summed E-state index contributed by atoms with van der Waals surface area (Å²) >= 11 is 0. The van der Waals surface area contributed by atoms with Crippen molar-refractivity contribution in [1.82, 2.24) is 19.9 Å². The van der Waals surface area contributed by atoms with Crippen molar-refractivity contribution in [3.05, 3.63) is 58.3 Å². The molecule has 0 radical (unpaired) electrons. The van der Waals surface area contributed by atoms with Crippen molar-refractivity contribution >= 4 is 16.8 Å². The summed E-state index contributed by atoms with van der Waals surface area (Å²) in [6.45, 7) is 9.57. The van der Waals surface area contributed by atoms with Gasteiger partial charge in [-0.2, -0.15) is 0 Å². The highest BCUT2D eigenvalue weighted by molar-refractivity contribution is 5.99. The van der Waals surface area contributed by atoms with E-state index in [-0.39, 0.29) is 11.8 Å². The molecule has 1 N–H and O–H groups in total. The number of aryl methyl sites for hydroxylation is 4. The van der Waals surface area contributed by atoms with Gasteiger partial charge < -0.3 is 9.88 Å². The van der Waals surface area contributed by atoms with Crippen molar-refractivity contribution < 1.29 is 4.79 Å². The standard InChI is InChI=1S/C21H24N4O/c1-12-9-13(2)23-20(22-12)17-7-8-25(11-17)21(26)16-5-6-19-18(10-16)14(3)15(4)24-19/h5-6,9-10,17,24H,7-8,11H2,1-4H3/t17-/m0/s1. The number of nitrogens with one attached hydrogen (secondary N) is 1. The van der Waals surface area contributed by atoms with Gasteiger partial charge in [-0.1, -0.05) is 0 Å². The van der Waals surface area contributed by atoms with E-state index in [1.807, 2.05) is 43.0 Å². The van der Waals surface area contributed by atoms with Gasteiger partial charge in [-0.25, -0.2) is 9.97 Å². The first-order valence-corrected chi connectivity index (χ1v) is 9.13. The second kappa shape index (κ2) is 6.24. The van der Waals surface area contributed by atoms with E-state index in [4.69, 9.17) is 0 Å². The number of rotatable bonds is 2. The average molecular weight is 348 g/mol. The van der Waals surface area contributed by atoms with Crippen molar-refractivity contribution in [1.29, 1.82) is 0 Å². The zero-order chi connectivity index (χ0) is 18.4. The van der Waals surface area contributed by atoms with Crippen LogP contribution in [-0.4, -0.2) is 38.8 Å². The van der Waals surface area contributed by atoms with Crippen LogP contribution in [0.4, 0.5) is 0 Å². The van der Waals surface area contributed by atoms with Gasteiger partial charge in [0.1, 0.15) is 5.82 Å². The number of aromatic nitrogens is 3. The molecule has 2 aromatic heterocycles. The zero-order valence-corrected chi connectivity index (χ0v) is 15.8. The van der Waals surface area contributed by atoms with Gasteiger partial charge in [-0.15, -0.1) is 0 Å². The molecular formula is C21H24N4O. The molecule has 1 atom stereocenters. The van der Waals surface area contributed by atoms with Crippen molar-refractivity contribution in [3.63, 3.8) is 0 Å². The van der Waals surface area contributed by atoms with Crippen molar-refractivity contribution in [3.8, 4) is 0 Å². The lowest BCUT2D eigenvalue weighted by molar-refractivity contribution is 0.0790. The number of hydrogen-bond acceptors (Lipinski definition) is 3. The van der Waals surface area contributed by atoms with Crippen LogP contribution in [0.3, 0.4) is 0 Å². The lowest BCUT2D eigenvalue weighted by Gasteiger charge is -2.17. The Balaban J connectivity index is 1.57. The number of nitrogens with zero attached hydrogens (tertiary/aromatic N) is 3. The lowest BCUT2D eigenvalue weighted by atomic mass is 10.1. The Labute approximate surface area is 153 Å². The van der Waals surface area contributed by atoms with E-state index in [2.05, 4.69) is 28.8 Å². The Morgan fingerprint density at radius 1 is 1.12 bits per heavy atom. The molecule has 3 aromatic rings. The van der Waals surface area contributed by atoms with Crippen LogP contribution in [0.1, 0.15) is 51.2 Å². The number of aromatic amines is 1. The van der Waals surface area contributed by atoms with Crippen LogP contribution < -0.4 is 0 Å². The van der Waals surface area contributed by atoms with E-state index in [9.17, 15) is 4.79 Å². The van der Waals surface area contributed by atoms with E-state index in [1.54, 1.807) is 0 Å². The number of amides is 1. The maximum absolute atomic E-state index is 13.0. The van der Waals surface area contributed by atoms with Crippen LogP contribution >= 0.6 is 0 Å². The minimum Gasteiger partial charge on any atom is -0.358 e. The minimum atomic E-state index is 0.0945. The van der Waals surface area contributed by atoms with Gasteiger partial charge in [0.05, 0.1) is 0 Å². The zero-order valence-electron chi connectivity index (χ0n) is 15.8.